The van der Waals surface area contributed by atoms with Gasteiger partial charge in [-0.05, 0) is 12.1 Å². The highest BCUT2D eigenvalue weighted by molar-refractivity contribution is 8.02. The first-order chi connectivity index (χ1) is 8.68. The largest absolute Gasteiger partial charge is 0.368 e. The number of hydrogen-bond donors (Lipinski definition) is 1. The van der Waals surface area contributed by atoms with E-state index in [2.05, 4.69) is 10.2 Å². The van der Waals surface area contributed by atoms with Crippen LogP contribution in [0.4, 0.5) is 10.3 Å². The molecule has 0 aliphatic heterocycles. The average Bonchev–Trinajstić information content (AvgIpc) is 2.68. The smallest absolute Gasteiger partial charge is 0.222 e. The van der Waals surface area contributed by atoms with Crippen molar-refractivity contribution in [1.29, 1.82) is 0 Å². The molecule has 0 spiro atoms. The molecule has 1 heterocycles. The zero-order valence-electron chi connectivity index (χ0n) is 9.84. The molecule has 0 unspecified atom stereocenters. The molecule has 0 radical (unpaired) electrons. The van der Waals surface area contributed by atoms with E-state index >= 15 is 0 Å². The summed E-state index contributed by atoms with van der Waals surface area (Å²) >= 11 is 3.05. The van der Waals surface area contributed by atoms with Gasteiger partial charge in [-0.15, -0.1) is 22.0 Å². The number of nitrogen functional groups attached to an aromatic ring is 1. The minimum atomic E-state index is -0.171. The Morgan fingerprint density at radius 1 is 1.22 bits per heavy atom. The third-order valence-electron chi connectivity index (χ3n) is 2.28. The van der Waals surface area contributed by atoms with Crippen molar-refractivity contribution < 1.29 is 4.39 Å². The van der Waals surface area contributed by atoms with E-state index in [1.807, 2.05) is 13.1 Å². The third-order valence-corrected chi connectivity index (χ3v) is 4.61. The predicted molar refractivity (Wildman–Crippen MR) is 73.3 cm³/mol. The minimum absolute atomic E-state index is 0.171. The number of rotatable bonds is 5. The van der Waals surface area contributed by atoms with E-state index < -0.39 is 0 Å². The van der Waals surface area contributed by atoms with Gasteiger partial charge in [0.2, 0.25) is 5.95 Å². The first kappa shape index (κ1) is 13.2. The predicted octanol–water partition coefficient (Wildman–Crippen LogP) is 2.42. The lowest BCUT2D eigenvalue weighted by Crippen LogP contribution is -1.98. The Bertz CT molecular complexity index is 530. The highest BCUT2D eigenvalue weighted by Crippen LogP contribution is 2.24. The Morgan fingerprint density at radius 2 is 1.94 bits per heavy atom. The molecular weight excluding hydrogens is 271 g/mol. The van der Waals surface area contributed by atoms with Crippen molar-refractivity contribution >= 4 is 29.5 Å². The fraction of sp³-hybridized carbons (Fsp3) is 0.273. The molecule has 1 aromatic heterocycles. The van der Waals surface area contributed by atoms with Gasteiger partial charge in [0.25, 0.3) is 0 Å². The number of benzene rings is 1. The van der Waals surface area contributed by atoms with Crippen molar-refractivity contribution in [2.75, 3.05) is 17.2 Å². The second kappa shape index (κ2) is 6.10. The maximum atomic E-state index is 13.3. The monoisotopic (exact) mass is 284 g/mol. The lowest BCUT2D eigenvalue weighted by atomic mass is 10.3. The zero-order chi connectivity index (χ0) is 13.0. The summed E-state index contributed by atoms with van der Waals surface area (Å²) in [4.78, 5) is 0.676. The van der Waals surface area contributed by atoms with Gasteiger partial charge in [-0.25, -0.2) is 4.39 Å². The maximum absolute atomic E-state index is 13.3. The summed E-state index contributed by atoms with van der Waals surface area (Å²) in [7, 11) is 1.82. The lowest BCUT2D eigenvalue weighted by Gasteiger charge is -2.03. The number of hydrogen-bond acceptors (Lipinski definition) is 5. The quantitative estimate of drug-likeness (QED) is 0.675. The third kappa shape index (κ3) is 3.17. The van der Waals surface area contributed by atoms with Crippen LogP contribution < -0.4 is 5.73 Å². The molecule has 2 rings (SSSR count). The molecular formula is C11H13FN4S2. The first-order valence-corrected chi connectivity index (χ1v) is 7.30. The van der Waals surface area contributed by atoms with Crippen LogP contribution in [0, 0.1) is 5.82 Å². The Balaban J connectivity index is 1.80. The van der Waals surface area contributed by atoms with E-state index in [1.165, 1.54) is 17.8 Å². The molecule has 0 aliphatic carbocycles. The second-order valence-corrected chi connectivity index (χ2v) is 5.73. The highest BCUT2D eigenvalue weighted by atomic mass is 32.2. The van der Waals surface area contributed by atoms with Gasteiger partial charge in [0.1, 0.15) is 5.82 Å². The van der Waals surface area contributed by atoms with Crippen LogP contribution in [0.2, 0.25) is 0 Å². The topological polar surface area (TPSA) is 56.7 Å². The number of aromatic nitrogens is 3. The minimum Gasteiger partial charge on any atom is -0.368 e. The van der Waals surface area contributed by atoms with Crippen molar-refractivity contribution in [3.63, 3.8) is 0 Å². The van der Waals surface area contributed by atoms with Crippen LogP contribution in [-0.2, 0) is 7.05 Å². The molecule has 0 saturated heterocycles. The summed E-state index contributed by atoms with van der Waals surface area (Å²) in [6.45, 7) is 0. The number of thioether (sulfide) groups is 2. The maximum Gasteiger partial charge on any atom is 0.222 e. The van der Waals surface area contributed by atoms with Gasteiger partial charge in [0.15, 0.2) is 5.16 Å². The van der Waals surface area contributed by atoms with Crippen LogP contribution in [0.25, 0.3) is 0 Å². The summed E-state index contributed by atoms with van der Waals surface area (Å²) in [6, 6.07) is 6.78. The molecule has 1 aromatic carbocycles. The van der Waals surface area contributed by atoms with Crippen LogP contribution >= 0.6 is 23.5 Å². The SMILES string of the molecule is Cn1c(N)nnc1SCCSc1ccccc1F. The van der Waals surface area contributed by atoms with E-state index in [-0.39, 0.29) is 5.82 Å². The van der Waals surface area contributed by atoms with Crippen LogP contribution in [0.3, 0.4) is 0 Å². The molecule has 0 aliphatic rings. The number of nitrogens with two attached hydrogens (primary N) is 1. The lowest BCUT2D eigenvalue weighted by molar-refractivity contribution is 0.602. The summed E-state index contributed by atoms with van der Waals surface area (Å²) < 4.78 is 15.1. The summed E-state index contributed by atoms with van der Waals surface area (Å²) in [5.74, 6) is 1.86. The van der Waals surface area contributed by atoms with Gasteiger partial charge in [0, 0.05) is 23.4 Å². The Labute approximate surface area is 113 Å². The van der Waals surface area contributed by atoms with E-state index in [4.69, 9.17) is 5.73 Å². The van der Waals surface area contributed by atoms with Crippen molar-refractivity contribution in [2.24, 2.45) is 7.05 Å². The fourth-order valence-electron chi connectivity index (χ4n) is 1.30. The second-order valence-electron chi connectivity index (χ2n) is 3.53. The van der Waals surface area contributed by atoms with Crippen molar-refractivity contribution in [2.45, 2.75) is 10.1 Å². The summed E-state index contributed by atoms with van der Waals surface area (Å²) in [5.41, 5.74) is 5.58. The number of nitrogens with zero attached hydrogens (tertiary/aromatic N) is 3. The van der Waals surface area contributed by atoms with Gasteiger partial charge in [-0.2, -0.15) is 0 Å². The average molecular weight is 284 g/mol. The van der Waals surface area contributed by atoms with Crippen molar-refractivity contribution in [3.8, 4) is 0 Å². The normalized spacial score (nSPS) is 10.8. The zero-order valence-corrected chi connectivity index (χ0v) is 11.5. The van der Waals surface area contributed by atoms with E-state index in [0.29, 0.717) is 10.8 Å². The van der Waals surface area contributed by atoms with Crippen LogP contribution in [0.1, 0.15) is 0 Å². The number of anilines is 1. The molecule has 0 atom stereocenters. The fourth-order valence-corrected chi connectivity index (χ4v) is 3.13. The van der Waals surface area contributed by atoms with E-state index in [0.717, 1.165) is 16.7 Å². The van der Waals surface area contributed by atoms with Crippen LogP contribution in [0.15, 0.2) is 34.3 Å². The van der Waals surface area contributed by atoms with Crippen LogP contribution in [0.5, 0.6) is 0 Å². The van der Waals surface area contributed by atoms with Gasteiger partial charge in [-0.1, -0.05) is 23.9 Å². The molecule has 0 bridgehead atoms. The standard InChI is InChI=1S/C11H13FN4S2/c1-16-10(13)14-15-11(16)18-7-6-17-9-5-3-2-4-8(9)12/h2-5H,6-7H2,1H3,(H2,13,14). The van der Waals surface area contributed by atoms with Crippen LogP contribution in [-0.4, -0.2) is 26.3 Å². The molecule has 2 aromatic rings. The van der Waals surface area contributed by atoms with Crippen molar-refractivity contribution in [1.82, 2.24) is 14.8 Å². The molecule has 7 heteroatoms. The van der Waals surface area contributed by atoms with E-state index in [9.17, 15) is 4.39 Å². The van der Waals surface area contributed by atoms with Crippen molar-refractivity contribution in [3.05, 3.63) is 30.1 Å². The molecule has 18 heavy (non-hydrogen) atoms. The Hall–Kier alpha value is -1.21. The first-order valence-electron chi connectivity index (χ1n) is 5.33. The molecule has 2 N–H and O–H groups in total. The molecule has 0 fully saturated rings. The van der Waals surface area contributed by atoms with Gasteiger partial charge < -0.3 is 5.73 Å². The highest BCUT2D eigenvalue weighted by Gasteiger charge is 2.06. The van der Waals surface area contributed by atoms with Gasteiger partial charge in [-0.3, -0.25) is 4.57 Å². The number of halogens is 1. The van der Waals surface area contributed by atoms with E-state index in [1.54, 1.807) is 28.5 Å². The van der Waals surface area contributed by atoms with Gasteiger partial charge >= 0.3 is 0 Å². The molecule has 4 nitrogen and oxygen atoms in total. The molecule has 0 amide bonds. The molecule has 0 saturated carbocycles. The summed E-state index contributed by atoms with van der Waals surface area (Å²) in [6.07, 6.45) is 0. The Kier molecular flexibility index (Phi) is 4.48. The van der Waals surface area contributed by atoms with Gasteiger partial charge in [0.05, 0.1) is 0 Å². The summed E-state index contributed by atoms with van der Waals surface area (Å²) in [5, 5.41) is 8.49. The Morgan fingerprint density at radius 3 is 2.61 bits per heavy atom. The molecule has 96 valence electrons.